The van der Waals surface area contributed by atoms with Gasteiger partial charge in [0, 0.05) is 4.88 Å². The molecule has 6 nitrogen and oxygen atoms in total. The third-order valence-corrected chi connectivity index (χ3v) is 4.84. The number of nitrogens with one attached hydrogen (secondary N) is 2. The third kappa shape index (κ3) is 3.36. The summed E-state index contributed by atoms with van der Waals surface area (Å²) in [6.45, 7) is 3.90. The first-order valence-electron chi connectivity index (χ1n) is 6.89. The van der Waals surface area contributed by atoms with Crippen LogP contribution in [0.1, 0.15) is 31.2 Å². The number of aliphatic carboxylic acids is 1. The van der Waals surface area contributed by atoms with E-state index in [0.29, 0.717) is 0 Å². The van der Waals surface area contributed by atoms with Gasteiger partial charge in [0.1, 0.15) is 5.41 Å². The van der Waals surface area contributed by atoms with Crippen molar-refractivity contribution in [2.45, 2.75) is 32.4 Å². The molecule has 3 unspecified atom stereocenters. The molecule has 0 aliphatic carbocycles. The maximum Gasteiger partial charge on any atom is 0.315 e. The minimum absolute atomic E-state index is 0.0663. The molecule has 1 fully saturated rings. The molecular formula is C14H20N2O4S. The van der Waals surface area contributed by atoms with E-state index in [9.17, 15) is 14.7 Å². The minimum atomic E-state index is -1.08. The average Bonchev–Trinajstić information content (AvgIpc) is 3.07. The number of urea groups is 1. The van der Waals surface area contributed by atoms with Crippen molar-refractivity contribution in [2.24, 2.45) is 5.41 Å². The Hall–Kier alpha value is -1.60. The molecule has 0 aromatic carbocycles. The summed E-state index contributed by atoms with van der Waals surface area (Å²) in [6, 6.07) is 2.95. The molecule has 1 aromatic heterocycles. The zero-order chi connectivity index (χ0) is 15.5. The third-order valence-electron chi connectivity index (χ3n) is 3.85. The van der Waals surface area contributed by atoms with E-state index >= 15 is 0 Å². The largest absolute Gasteiger partial charge is 0.481 e. The van der Waals surface area contributed by atoms with Crippen LogP contribution in [0.4, 0.5) is 4.79 Å². The van der Waals surface area contributed by atoms with Crippen LogP contribution in [-0.4, -0.2) is 36.4 Å². The minimum Gasteiger partial charge on any atom is -0.481 e. The van der Waals surface area contributed by atoms with Gasteiger partial charge in [0.15, 0.2) is 0 Å². The highest BCUT2D eigenvalue weighted by molar-refractivity contribution is 7.10. The summed E-state index contributed by atoms with van der Waals surface area (Å²) in [4.78, 5) is 24.5. The van der Waals surface area contributed by atoms with Crippen molar-refractivity contribution in [3.8, 4) is 0 Å². The first-order chi connectivity index (χ1) is 9.97. The smallest absolute Gasteiger partial charge is 0.315 e. The number of carboxylic acid groups (broad SMARTS) is 1. The molecule has 3 atom stereocenters. The number of amides is 2. The molecule has 2 rings (SSSR count). The van der Waals surface area contributed by atoms with Crippen molar-refractivity contribution in [1.82, 2.24) is 10.6 Å². The zero-order valence-corrected chi connectivity index (χ0v) is 12.9. The maximum absolute atomic E-state index is 12.1. The van der Waals surface area contributed by atoms with Crippen molar-refractivity contribution >= 4 is 23.3 Å². The van der Waals surface area contributed by atoms with Gasteiger partial charge in [-0.3, -0.25) is 4.79 Å². The molecule has 2 heterocycles. The van der Waals surface area contributed by atoms with E-state index in [0.717, 1.165) is 11.3 Å². The molecule has 7 heteroatoms. The van der Waals surface area contributed by atoms with E-state index in [1.54, 1.807) is 18.3 Å². The monoisotopic (exact) mass is 312 g/mol. The van der Waals surface area contributed by atoms with Gasteiger partial charge in [-0.25, -0.2) is 4.79 Å². The topological polar surface area (TPSA) is 87.7 Å². The Bertz CT molecular complexity index is 505. The lowest BCUT2D eigenvalue weighted by atomic mass is 9.85. The molecule has 1 aromatic rings. The summed E-state index contributed by atoms with van der Waals surface area (Å²) < 4.78 is 5.22. The van der Waals surface area contributed by atoms with Crippen LogP contribution >= 0.6 is 11.3 Å². The fraction of sp³-hybridized carbons (Fsp3) is 0.571. The van der Waals surface area contributed by atoms with Crippen molar-refractivity contribution in [3.05, 3.63) is 22.4 Å². The SMILES string of the molecule is CCC(NC(=O)NC1COCC1(C)C(=O)O)c1cccs1. The molecule has 0 spiro atoms. The number of carbonyl (C=O) groups is 2. The van der Waals surface area contributed by atoms with Crippen LogP contribution in [0.2, 0.25) is 0 Å². The molecule has 1 saturated heterocycles. The van der Waals surface area contributed by atoms with Gasteiger partial charge >= 0.3 is 12.0 Å². The summed E-state index contributed by atoms with van der Waals surface area (Å²) in [5.41, 5.74) is -1.08. The first kappa shape index (κ1) is 15.8. The Balaban J connectivity index is 1.97. The summed E-state index contributed by atoms with van der Waals surface area (Å²) in [5, 5.41) is 16.9. The highest BCUT2D eigenvalue weighted by atomic mass is 32.1. The molecule has 2 amide bonds. The Kier molecular flexibility index (Phi) is 4.84. The van der Waals surface area contributed by atoms with Gasteiger partial charge in [-0.15, -0.1) is 11.3 Å². The van der Waals surface area contributed by atoms with E-state index in [-0.39, 0.29) is 25.3 Å². The first-order valence-corrected chi connectivity index (χ1v) is 7.77. The van der Waals surface area contributed by atoms with E-state index < -0.39 is 17.4 Å². The lowest BCUT2D eigenvalue weighted by molar-refractivity contribution is -0.148. The number of hydrogen-bond acceptors (Lipinski definition) is 4. The van der Waals surface area contributed by atoms with Crippen LogP contribution < -0.4 is 10.6 Å². The second kappa shape index (κ2) is 6.44. The van der Waals surface area contributed by atoms with Crippen LogP contribution in [0.3, 0.4) is 0 Å². The lowest BCUT2D eigenvalue weighted by Crippen LogP contribution is -2.52. The van der Waals surface area contributed by atoms with Gasteiger partial charge in [0.05, 0.1) is 25.3 Å². The Morgan fingerprint density at radius 3 is 2.95 bits per heavy atom. The predicted molar refractivity (Wildman–Crippen MR) is 79.4 cm³/mol. The van der Waals surface area contributed by atoms with Crippen LogP contribution in [0.25, 0.3) is 0 Å². The Morgan fingerprint density at radius 1 is 1.62 bits per heavy atom. The quantitative estimate of drug-likeness (QED) is 0.776. The van der Waals surface area contributed by atoms with E-state index in [1.165, 1.54) is 0 Å². The predicted octanol–water partition coefficient (Wildman–Crippen LogP) is 1.99. The fourth-order valence-corrected chi connectivity index (χ4v) is 3.17. The average molecular weight is 312 g/mol. The van der Waals surface area contributed by atoms with Gasteiger partial charge < -0.3 is 20.5 Å². The Morgan fingerprint density at radius 2 is 2.38 bits per heavy atom. The van der Waals surface area contributed by atoms with Crippen LogP contribution in [0, 0.1) is 5.41 Å². The van der Waals surface area contributed by atoms with Gasteiger partial charge in [-0.1, -0.05) is 13.0 Å². The zero-order valence-electron chi connectivity index (χ0n) is 12.1. The standard InChI is InChI=1S/C14H20N2O4S/c1-3-9(10-5-4-6-21-10)15-13(19)16-11-7-20-8-14(11,2)12(17)18/h4-6,9,11H,3,7-8H2,1-2H3,(H,17,18)(H2,15,16,19). The van der Waals surface area contributed by atoms with Crippen LogP contribution in [0.15, 0.2) is 17.5 Å². The maximum atomic E-state index is 12.1. The molecule has 0 saturated carbocycles. The molecule has 21 heavy (non-hydrogen) atoms. The highest BCUT2D eigenvalue weighted by Crippen LogP contribution is 2.29. The van der Waals surface area contributed by atoms with Gasteiger partial charge in [0.25, 0.3) is 0 Å². The number of ether oxygens (including phenoxy) is 1. The molecule has 116 valence electrons. The summed E-state index contributed by atoms with van der Waals surface area (Å²) >= 11 is 1.58. The summed E-state index contributed by atoms with van der Waals surface area (Å²) in [7, 11) is 0. The normalized spacial score (nSPS) is 26.3. The number of rotatable bonds is 5. The van der Waals surface area contributed by atoms with Crippen molar-refractivity contribution in [1.29, 1.82) is 0 Å². The van der Waals surface area contributed by atoms with Gasteiger partial charge in [-0.2, -0.15) is 0 Å². The molecule has 1 aliphatic heterocycles. The summed E-state index contributed by atoms with van der Waals surface area (Å²) in [6.07, 6.45) is 0.769. The van der Waals surface area contributed by atoms with Gasteiger partial charge in [-0.05, 0) is 24.8 Å². The van der Waals surface area contributed by atoms with Crippen molar-refractivity contribution in [2.75, 3.05) is 13.2 Å². The number of carboxylic acids is 1. The van der Waals surface area contributed by atoms with Crippen molar-refractivity contribution < 1.29 is 19.4 Å². The number of carbonyl (C=O) groups excluding carboxylic acids is 1. The fourth-order valence-electron chi connectivity index (χ4n) is 2.31. The van der Waals surface area contributed by atoms with E-state index in [1.807, 2.05) is 24.4 Å². The van der Waals surface area contributed by atoms with Gasteiger partial charge in [0.2, 0.25) is 0 Å². The van der Waals surface area contributed by atoms with Crippen LogP contribution in [0.5, 0.6) is 0 Å². The molecule has 0 radical (unpaired) electrons. The van der Waals surface area contributed by atoms with Crippen LogP contribution in [-0.2, 0) is 9.53 Å². The molecule has 3 N–H and O–H groups in total. The summed E-state index contributed by atoms with van der Waals surface area (Å²) in [5.74, 6) is -0.962. The van der Waals surface area contributed by atoms with E-state index in [2.05, 4.69) is 10.6 Å². The second-order valence-electron chi connectivity index (χ2n) is 5.38. The Labute approximate surface area is 127 Å². The lowest BCUT2D eigenvalue weighted by Gasteiger charge is -2.26. The molecule has 0 bridgehead atoms. The number of hydrogen-bond donors (Lipinski definition) is 3. The molecular weight excluding hydrogens is 292 g/mol. The second-order valence-corrected chi connectivity index (χ2v) is 6.36. The van der Waals surface area contributed by atoms with E-state index in [4.69, 9.17) is 4.74 Å². The highest BCUT2D eigenvalue weighted by Gasteiger charge is 2.47. The molecule has 1 aliphatic rings. The van der Waals surface area contributed by atoms with Crippen molar-refractivity contribution in [3.63, 3.8) is 0 Å². The number of thiophene rings is 1.